The van der Waals surface area contributed by atoms with Crippen molar-refractivity contribution in [2.45, 2.75) is 6.54 Å². The van der Waals surface area contributed by atoms with Gasteiger partial charge in [-0.2, -0.15) is 5.10 Å². The summed E-state index contributed by atoms with van der Waals surface area (Å²) < 4.78 is 15.0. The first kappa shape index (κ1) is 18.4. The van der Waals surface area contributed by atoms with Crippen molar-refractivity contribution in [3.05, 3.63) is 71.9 Å². The number of hydrogen-bond acceptors (Lipinski definition) is 7. The number of anilines is 3. The maximum absolute atomic E-state index is 13.1. The summed E-state index contributed by atoms with van der Waals surface area (Å²) >= 11 is 0. The van der Waals surface area contributed by atoms with Crippen LogP contribution in [0, 0.1) is 5.82 Å². The Balaban J connectivity index is 1.60. The van der Waals surface area contributed by atoms with Gasteiger partial charge >= 0.3 is 0 Å². The number of benzene rings is 2. The Kier molecular flexibility index (Phi) is 5.02. The maximum atomic E-state index is 13.1. The molecule has 2 aromatic carbocycles. The van der Waals surface area contributed by atoms with Crippen LogP contribution >= 0.6 is 0 Å². The van der Waals surface area contributed by atoms with Gasteiger partial charge in [0.25, 0.3) is 0 Å². The van der Waals surface area contributed by atoms with E-state index in [-0.39, 0.29) is 11.6 Å². The van der Waals surface area contributed by atoms with Gasteiger partial charge in [0.1, 0.15) is 30.9 Å². The van der Waals surface area contributed by atoms with Gasteiger partial charge in [0, 0.05) is 11.1 Å². The number of nitrogens with zero attached hydrogens (tertiary/aromatic N) is 5. The number of rotatable bonds is 6. The average molecular weight is 391 g/mol. The van der Waals surface area contributed by atoms with Crippen molar-refractivity contribution in [2.75, 3.05) is 18.2 Å². The normalized spacial score (nSPS) is 11.2. The van der Waals surface area contributed by atoms with Crippen LogP contribution in [0.1, 0.15) is 11.1 Å². The number of oxime groups is 1. The van der Waals surface area contributed by atoms with Crippen LogP contribution < -0.4 is 11.1 Å². The van der Waals surface area contributed by atoms with Crippen molar-refractivity contribution in [1.29, 1.82) is 0 Å². The van der Waals surface area contributed by atoms with Crippen LogP contribution in [0.4, 0.5) is 21.7 Å². The number of aromatic nitrogens is 4. The van der Waals surface area contributed by atoms with Gasteiger partial charge in [0.05, 0.1) is 30.0 Å². The highest BCUT2D eigenvalue weighted by atomic mass is 19.1. The second-order valence-electron chi connectivity index (χ2n) is 6.27. The summed E-state index contributed by atoms with van der Waals surface area (Å²) in [5.74, 6) is 0.544. The number of hydrogen-bond donors (Lipinski definition) is 2. The molecule has 0 aliphatic carbocycles. The van der Waals surface area contributed by atoms with E-state index in [0.29, 0.717) is 17.9 Å². The van der Waals surface area contributed by atoms with Crippen molar-refractivity contribution in [3.8, 4) is 0 Å². The fraction of sp³-hybridized carbons (Fsp3) is 0.100. The van der Waals surface area contributed by atoms with E-state index in [4.69, 9.17) is 10.6 Å². The fourth-order valence-electron chi connectivity index (χ4n) is 2.93. The molecule has 4 aromatic rings. The third-order valence-electron chi connectivity index (χ3n) is 4.35. The Bertz CT molecular complexity index is 1170. The molecule has 29 heavy (non-hydrogen) atoms. The molecule has 3 N–H and O–H groups in total. The monoisotopic (exact) mass is 391 g/mol. The van der Waals surface area contributed by atoms with Gasteiger partial charge in [-0.25, -0.2) is 14.4 Å². The molecule has 0 saturated carbocycles. The van der Waals surface area contributed by atoms with Gasteiger partial charge in [0.15, 0.2) is 0 Å². The minimum Gasteiger partial charge on any atom is -0.399 e. The molecule has 0 amide bonds. The number of nitrogens with two attached hydrogens (primary N) is 1. The smallest absolute Gasteiger partial charge is 0.144 e. The molecule has 4 rings (SSSR count). The molecule has 0 aliphatic heterocycles. The average Bonchev–Trinajstić information content (AvgIpc) is 3.11. The van der Waals surface area contributed by atoms with Crippen molar-refractivity contribution in [3.63, 3.8) is 0 Å². The summed E-state index contributed by atoms with van der Waals surface area (Å²) in [4.78, 5) is 12.9. The molecular weight excluding hydrogens is 373 g/mol. The van der Waals surface area contributed by atoms with E-state index in [1.54, 1.807) is 18.3 Å². The van der Waals surface area contributed by atoms with E-state index in [2.05, 4.69) is 25.5 Å². The van der Waals surface area contributed by atoms with Gasteiger partial charge < -0.3 is 15.9 Å². The first-order valence-electron chi connectivity index (χ1n) is 8.78. The van der Waals surface area contributed by atoms with Crippen molar-refractivity contribution in [1.82, 2.24) is 19.7 Å². The molecule has 0 radical (unpaired) electrons. The number of nitrogen functional groups attached to an aromatic ring is 1. The zero-order valence-corrected chi connectivity index (χ0v) is 15.6. The van der Waals surface area contributed by atoms with Gasteiger partial charge in [-0.15, -0.1) is 0 Å². The van der Waals surface area contributed by atoms with E-state index in [0.717, 1.165) is 22.2 Å². The molecule has 0 bridgehead atoms. The lowest BCUT2D eigenvalue weighted by atomic mass is 10.2. The van der Waals surface area contributed by atoms with Crippen LogP contribution in [0.15, 0.2) is 60.1 Å². The first-order chi connectivity index (χ1) is 14.1. The standard InChI is InChI=1S/C20H18FN7O/c1-29-26-10-17-19(22)23-12-24-20(17)27-16-6-7-18-14(8-16)9-25-28(18)11-13-2-4-15(21)5-3-13/h2-10,12H,11H2,1H3,(H3,22,23,24,27)/b26-10+. The molecule has 2 heterocycles. The lowest BCUT2D eigenvalue weighted by Gasteiger charge is -2.10. The molecule has 0 aliphatic rings. The molecule has 146 valence electrons. The number of nitrogens with one attached hydrogen (secondary N) is 1. The molecule has 0 atom stereocenters. The molecule has 0 spiro atoms. The molecule has 8 nitrogen and oxygen atoms in total. The molecular formula is C20H18FN7O. The quantitative estimate of drug-likeness (QED) is 0.386. The Hall–Kier alpha value is -4.01. The number of halogens is 1. The van der Waals surface area contributed by atoms with Crippen LogP contribution in [0.25, 0.3) is 10.9 Å². The third kappa shape index (κ3) is 3.98. The Morgan fingerprint density at radius 1 is 1.21 bits per heavy atom. The minimum absolute atomic E-state index is 0.255. The maximum Gasteiger partial charge on any atom is 0.144 e. The van der Waals surface area contributed by atoms with E-state index in [9.17, 15) is 4.39 Å². The zero-order valence-electron chi connectivity index (χ0n) is 15.6. The Morgan fingerprint density at radius 2 is 2.03 bits per heavy atom. The minimum atomic E-state index is -0.255. The second-order valence-corrected chi connectivity index (χ2v) is 6.27. The lowest BCUT2D eigenvalue weighted by molar-refractivity contribution is 0.215. The topological polar surface area (TPSA) is 103 Å². The first-order valence-corrected chi connectivity index (χ1v) is 8.78. The van der Waals surface area contributed by atoms with Gasteiger partial charge in [0.2, 0.25) is 0 Å². The van der Waals surface area contributed by atoms with Crippen molar-refractivity contribution < 1.29 is 9.23 Å². The molecule has 0 saturated heterocycles. The third-order valence-corrected chi connectivity index (χ3v) is 4.35. The molecule has 9 heteroatoms. The highest BCUT2D eigenvalue weighted by Crippen LogP contribution is 2.24. The largest absolute Gasteiger partial charge is 0.399 e. The fourth-order valence-corrected chi connectivity index (χ4v) is 2.93. The highest BCUT2D eigenvalue weighted by molar-refractivity contribution is 5.93. The van der Waals surface area contributed by atoms with E-state index < -0.39 is 0 Å². The molecule has 2 aromatic heterocycles. The predicted molar refractivity (Wildman–Crippen MR) is 110 cm³/mol. The summed E-state index contributed by atoms with van der Waals surface area (Å²) in [5.41, 5.74) is 9.19. The predicted octanol–water partition coefficient (Wildman–Crippen LogP) is 3.32. The SMILES string of the molecule is CO/N=C/c1c(N)ncnc1Nc1ccc2c(cnn2Cc2ccc(F)cc2)c1. The van der Waals surface area contributed by atoms with Gasteiger partial charge in [-0.3, -0.25) is 4.68 Å². The Labute approximate surface area is 165 Å². The van der Waals surface area contributed by atoms with Crippen LogP contribution in [0.3, 0.4) is 0 Å². The second kappa shape index (κ2) is 7.93. The van der Waals surface area contributed by atoms with E-state index in [1.165, 1.54) is 31.8 Å². The van der Waals surface area contributed by atoms with E-state index >= 15 is 0 Å². The summed E-state index contributed by atoms with van der Waals surface area (Å²) in [6.45, 7) is 0.552. The highest BCUT2D eigenvalue weighted by Gasteiger charge is 2.10. The molecule has 0 fully saturated rings. The Morgan fingerprint density at radius 3 is 2.83 bits per heavy atom. The summed E-state index contributed by atoms with van der Waals surface area (Å²) in [5, 5.41) is 12.4. The van der Waals surface area contributed by atoms with Crippen LogP contribution in [0.5, 0.6) is 0 Å². The van der Waals surface area contributed by atoms with Crippen LogP contribution in [-0.2, 0) is 11.4 Å². The van der Waals surface area contributed by atoms with Crippen molar-refractivity contribution >= 4 is 34.4 Å². The van der Waals surface area contributed by atoms with Crippen LogP contribution in [0.2, 0.25) is 0 Å². The van der Waals surface area contributed by atoms with E-state index in [1.807, 2.05) is 22.9 Å². The molecule has 0 unspecified atom stereocenters. The van der Waals surface area contributed by atoms with Gasteiger partial charge in [-0.1, -0.05) is 17.3 Å². The number of fused-ring (bicyclic) bond motifs is 1. The summed E-state index contributed by atoms with van der Waals surface area (Å²) in [6, 6.07) is 12.2. The summed E-state index contributed by atoms with van der Waals surface area (Å²) in [7, 11) is 1.45. The van der Waals surface area contributed by atoms with Crippen molar-refractivity contribution in [2.24, 2.45) is 5.16 Å². The lowest BCUT2D eigenvalue weighted by Crippen LogP contribution is -2.05. The summed E-state index contributed by atoms with van der Waals surface area (Å²) in [6.07, 6.45) is 4.61. The van der Waals surface area contributed by atoms with Crippen LogP contribution in [-0.4, -0.2) is 33.1 Å². The zero-order chi connectivity index (χ0) is 20.2. The van der Waals surface area contributed by atoms with Gasteiger partial charge in [-0.05, 0) is 35.9 Å².